The predicted octanol–water partition coefficient (Wildman–Crippen LogP) is 8.45. The molecule has 3 aromatic carbocycles. The highest BCUT2D eigenvalue weighted by atomic mass is 35.5. The Bertz CT molecular complexity index is 1730. The molecule has 276 valence electrons. The van der Waals surface area contributed by atoms with Gasteiger partial charge in [0.05, 0.1) is 49.0 Å². The lowest BCUT2D eigenvalue weighted by molar-refractivity contribution is 0.0780. The molecular formula is C40H52Cl2N4O5. The van der Waals surface area contributed by atoms with Crippen LogP contribution in [-0.4, -0.2) is 92.5 Å². The molecule has 1 atom stereocenters. The van der Waals surface area contributed by atoms with Gasteiger partial charge in [0.15, 0.2) is 11.5 Å². The number of benzene rings is 3. The van der Waals surface area contributed by atoms with Crippen LogP contribution in [0.1, 0.15) is 67.2 Å². The number of hydrogen-bond acceptors (Lipinski definition) is 7. The van der Waals surface area contributed by atoms with Gasteiger partial charge in [0.25, 0.3) is 5.91 Å². The van der Waals surface area contributed by atoms with Crippen LogP contribution >= 0.6 is 23.2 Å². The standard InChI is InChI=1S/C28H36Cl2N2O4.C12H16N2O/c1-34-24-16-20(17-25(35-2)26(24)36-3)27(33)32-15-11-28(19-32,21-8-9-22(29)23(30)18-21)10-14-31-12-6-4-5-7-13-31;1-3-15-9-8-14-10(2)13-11-6-4-5-7-12(11)14/h8-9,16-18H,4-7,10-15,19H2,1-3H3;4-7H,3,8-9H2,1-2H3. The Balaban J connectivity index is 0.000000279. The van der Waals surface area contributed by atoms with Crippen LogP contribution in [0.5, 0.6) is 17.2 Å². The molecule has 0 aliphatic carbocycles. The Hall–Kier alpha value is -3.50. The summed E-state index contributed by atoms with van der Waals surface area (Å²) < 4.78 is 23.9. The maximum Gasteiger partial charge on any atom is 0.254 e. The van der Waals surface area contributed by atoms with Gasteiger partial charge in [-0.05, 0) is 101 Å². The van der Waals surface area contributed by atoms with E-state index in [9.17, 15) is 4.79 Å². The van der Waals surface area contributed by atoms with Gasteiger partial charge in [-0.2, -0.15) is 0 Å². The number of rotatable bonds is 12. The van der Waals surface area contributed by atoms with E-state index >= 15 is 0 Å². The number of imidazole rings is 1. The summed E-state index contributed by atoms with van der Waals surface area (Å²) in [5.41, 5.74) is 3.73. The van der Waals surface area contributed by atoms with Crippen LogP contribution < -0.4 is 14.2 Å². The summed E-state index contributed by atoms with van der Waals surface area (Å²) in [5.74, 6) is 2.41. The van der Waals surface area contributed by atoms with Crippen molar-refractivity contribution in [3.63, 3.8) is 0 Å². The summed E-state index contributed by atoms with van der Waals surface area (Å²) in [7, 11) is 4.66. The number of para-hydroxylation sites is 2. The summed E-state index contributed by atoms with van der Waals surface area (Å²) in [6.07, 6.45) is 6.97. The zero-order valence-corrected chi connectivity index (χ0v) is 32.2. The van der Waals surface area contributed by atoms with E-state index in [2.05, 4.69) is 26.6 Å². The zero-order chi connectivity index (χ0) is 36.4. The predicted molar refractivity (Wildman–Crippen MR) is 205 cm³/mol. The molecule has 1 amide bonds. The third kappa shape index (κ3) is 9.30. The lowest BCUT2D eigenvalue weighted by atomic mass is 9.76. The van der Waals surface area contributed by atoms with Gasteiger partial charge in [-0.25, -0.2) is 4.98 Å². The van der Waals surface area contributed by atoms with Crippen molar-refractivity contribution in [3.05, 3.63) is 81.6 Å². The summed E-state index contributed by atoms with van der Waals surface area (Å²) in [4.78, 5) is 22.7. The van der Waals surface area contributed by atoms with E-state index in [4.69, 9.17) is 42.1 Å². The third-order valence-electron chi connectivity index (χ3n) is 10.2. The second-order valence-corrected chi connectivity index (χ2v) is 14.1. The van der Waals surface area contributed by atoms with E-state index in [-0.39, 0.29) is 11.3 Å². The largest absolute Gasteiger partial charge is 0.493 e. The number of carbonyl (C=O) groups is 1. The Morgan fingerprint density at radius 1 is 0.863 bits per heavy atom. The number of hydrogen-bond donors (Lipinski definition) is 0. The van der Waals surface area contributed by atoms with Crippen molar-refractivity contribution in [2.45, 2.75) is 64.3 Å². The zero-order valence-electron chi connectivity index (χ0n) is 30.7. The monoisotopic (exact) mass is 738 g/mol. The van der Waals surface area contributed by atoms with Gasteiger partial charge in [0.2, 0.25) is 5.75 Å². The highest BCUT2D eigenvalue weighted by Gasteiger charge is 2.42. The normalized spacial score (nSPS) is 17.9. The molecule has 4 aromatic rings. The third-order valence-corrected chi connectivity index (χ3v) is 10.9. The van der Waals surface area contributed by atoms with Crippen molar-refractivity contribution < 1.29 is 23.7 Å². The lowest BCUT2D eigenvalue weighted by Gasteiger charge is -2.33. The minimum absolute atomic E-state index is 0.0500. The van der Waals surface area contributed by atoms with Crippen LogP contribution in [0.3, 0.4) is 0 Å². The number of likely N-dealkylation sites (tertiary alicyclic amines) is 2. The van der Waals surface area contributed by atoms with Gasteiger partial charge in [0.1, 0.15) is 5.82 Å². The van der Waals surface area contributed by atoms with E-state index in [1.165, 1.54) is 31.2 Å². The number of amides is 1. The lowest BCUT2D eigenvalue weighted by Crippen LogP contribution is -2.38. The molecule has 0 saturated carbocycles. The molecule has 0 bridgehead atoms. The number of methoxy groups -OCH3 is 3. The number of halogens is 2. The maximum absolute atomic E-state index is 13.7. The van der Waals surface area contributed by atoms with Crippen molar-refractivity contribution in [2.75, 3.05) is 67.3 Å². The summed E-state index contributed by atoms with van der Waals surface area (Å²) in [5, 5.41) is 1.10. The summed E-state index contributed by atoms with van der Waals surface area (Å²) in [6.45, 7) is 11.0. The molecule has 6 rings (SSSR count). The van der Waals surface area contributed by atoms with E-state index in [0.717, 1.165) is 69.1 Å². The Morgan fingerprint density at radius 3 is 2.22 bits per heavy atom. The van der Waals surface area contributed by atoms with Crippen molar-refractivity contribution in [1.82, 2.24) is 19.4 Å². The van der Waals surface area contributed by atoms with Crippen LogP contribution in [0, 0.1) is 6.92 Å². The quantitative estimate of drug-likeness (QED) is 0.135. The highest BCUT2D eigenvalue weighted by molar-refractivity contribution is 6.42. The molecule has 0 spiro atoms. The molecule has 1 unspecified atom stereocenters. The van der Waals surface area contributed by atoms with Crippen molar-refractivity contribution >= 4 is 40.1 Å². The molecule has 9 nitrogen and oxygen atoms in total. The van der Waals surface area contributed by atoms with E-state index in [1.54, 1.807) is 33.5 Å². The Morgan fingerprint density at radius 2 is 1.57 bits per heavy atom. The fraction of sp³-hybridized carbons (Fsp3) is 0.500. The van der Waals surface area contributed by atoms with Crippen molar-refractivity contribution in [2.24, 2.45) is 0 Å². The first-order valence-electron chi connectivity index (χ1n) is 18.0. The number of fused-ring (bicyclic) bond motifs is 1. The number of nitrogens with zero attached hydrogens (tertiary/aromatic N) is 4. The molecule has 2 saturated heterocycles. The Labute approximate surface area is 312 Å². The minimum atomic E-state index is -0.184. The van der Waals surface area contributed by atoms with E-state index in [0.29, 0.717) is 45.9 Å². The summed E-state index contributed by atoms with van der Waals surface area (Å²) in [6, 6.07) is 17.6. The number of ether oxygens (including phenoxy) is 4. The molecule has 2 fully saturated rings. The first kappa shape index (κ1) is 38.7. The van der Waals surface area contributed by atoms with Gasteiger partial charge in [-0.3, -0.25) is 4.79 Å². The number of aryl methyl sites for hydroxylation is 1. The molecule has 0 N–H and O–H groups in total. The highest BCUT2D eigenvalue weighted by Crippen LogP contribution is 2.42. The van der Waals surface area contributed by atoms with Crippen molar-refractivity contribution in [3.8, 4) is 17.2 Å². The van der Waals surface area contributed by atoms with Crippen LogP contribution in [0.15, 0.2) is 54.6 Å². The topological polar surface area (TPSA) is 78.3 Å². The second kappa shape index (κ2) is 18.3. The van der Waals surface area contributed by atoms with Gasteiger partial charge >= 0.3 is 0 Å². The Kier molecular flexibility index (Phi) is 13.9. The van der Waals surface area contributed by atoms with Gasteiger partial charge in [-0.15, -0.1) is 0 Å². The van der Waals surface area contributed by atoms with Crippen LogP contribution in [0.2, 0.25) is 10.0 Å². The average Bonchev–Trinajstić information content (AvgIpc) is 3.61. The van der Waals surface area contributed by atoms with Crippen molar-refractivity contribution in [1.29, 1.82) is 0 Å². The molecule has 3 heterocycles. The molecule has 1 aromatic heterocycles. The summed E-state index contributed by atoms with van der Waals surface area (Å²) >= 11 is 12.7. The first-order valence-corrected chi connectivity index (χ1v) is 18.8. The fourth-order valence-electron chi connectivity index (χ4n) is 7.35. The molecule has 11 heteroatoms. The molecular weight excluding hydrogens is 687 g/mol. The van der Waals surface area contributed by atoms with Gasteiger partial charge < -0.3 is 33.3 Å². The fourth-order valence-corrected chi connectivity index (χ4v) is 7.65. The number of carbonyl (C=O) groups excluding carboxylic acids is 1. The molecule has 2 aliphatic heterocycles. The number of aromatic nitrogens is 2. The van der Waals surface area contributed by atoms with Crippen LogP contribution in [0.4, 0.5) is 0 Å². The molecule has 2 aliphatic rings. The van der Waals surface area contributed by atoms with Gasteiger partial charge in [0, 0.05) is 37.2 Å². The smallest absolute Gasteiger partial charge is 0.254 e. The van der Waals surface area contributed by atoms with Crippen LogP contribution in [0.25, 0.3) is 11.0 Å². The van der Waals surface area contributed by atoms with Crippen LogP contribution in [-0.2, 0) is 16.7 Å². The second-order valence-electron chi connectivity index (χ2n) is 13.3. The first-order chi connectivity index (χ1) is 24.7. The average molecular weight is 740 g/mol. The molecule has 51 heavy (non-hydrogen) atoms. The minimum Gasteiger partial charge on any atom is -0.493 e. The maximum atomic E-state index is 13.7. The van der Waals surface area contributed by atoms with E-state index in [1.807, 2.05) is 49.1 Å². The van der Waals surface area contributed by atoms with E-state index < -0.39 is 0 Å². The van der Waals surface area contributed by atoms with Gasteiger partial charge in [-0.1, -0.05) is 54.2 Å². The SMILES string of the molecule is CCOCCn1c(C)nc2ccccc21.COc1cc(C(=O)N2CCC(CCN3CCCCCC3)(c3ccc(Cl)c(Cl)c3)C2)cc(OC)c1OC. The molecule has 0 radical (unpaired) electrons.